The zero-order valence-corrected chi connectivity index (χ0v) is 19.0. The van der Waals surface area contributed by atoms with Crippen LogP contribution in [0.5, 0.6) is 0 Å². The summed E-state index contributed by atoms with van der Waals surface area (Å²) in [6.07, 6.45) is 5.86. The molecule has 2 aliphatic rings. The number of rotatable bonds is 6. The Labute approximate surface area is 185 Å². The summed E-state index contributed by atoms with van der Waals surface area (Å²) in [7, 11) is -3.61. The molecule has 2 fully saturated rings. The summed E-state index contributed by atoms with van der Waals surface area (Å²) in [6.45, 7) is 4.91. The number of amides is 1. The molecule has 2 aliphatic heterocycles. The fourth-order valence-electron chi connectivity index (χ4n) is 4.41. The standard InChI is InChI=1S/C24H31N3O3S/c1-2-19-9-8-10-20(17-19)25-24(28)22-18-21(11-12-23(22)26-13-6-7-14-26)31(29,30)27-15-4-3-5-16-27/h8-12,17-18H,2-7,13-16H2,1H3,(H,25,28). The number of nitrogens with zero attached hydrogens (tertiary/aromatic N) is 2. The lowest BCUT2D eigenvalue weighted by Crippen LogP contribution is -2.35. The number of benzene rings is 2. The molecule has 0 bridgehead atoms. The zero-order valence-electron chi connectivity index (χ0n) is 18.1. The lowest BCUT2D eigenvalue weighted by Gasteiger charge is -2.27. The minimum atomic E-state index is -3.61. The van der Waals surface area contributed by atoms with E-state index in [4.69, 9.17) is 0 Å². The number of carbonyl (C=O) groups excluding carboxylic acids is 1. The van der Waals surface area contributed by atoms with Gasteiger partial charge in [-0.05, 0) is 68.0 Å². The van der Waals surface area contributed by atoms with Crippen molar-refractivity contribution in [2.75, 3.05) is 36.4 Å². The van der Waals surface area contributed by atoms with Crippen LogP contribution in [0, 0.1) is 0 Å². The van der Waals surface area contributed by atoms with Gasteiger partial charge in [0.2, 0.25) is 10.0 Å². The van der Waals surface area contributed by atoms with Gasteiger partial charge < -0.3 is 10.2 Å². The lowest BCUT2D eigenvalue weighted by molar-refractivity contribution is 0.102. The average Bonchev–Trinajstić information content (AvgIpc) is 3.34. The Hall–Kier alpha value is -2.38. The van der Waals surface area contributed by atoms with Crippen LogP contribution in [0.4, 0.5) is 11.4 Å². The fraction of sp³-hybridized carbons (Fsp3) is 0.458. The van der Waals surface area contributed by atoms with Gasteiger partial charge in [-0.15, -0.1) is 0 Å². The molecule has 0 radical (unpaired) electrons. The predicted octanol–water partition coefficient (Wildman–Crippen LogP) is 4.28. The van der Waals surface area contributed by atoms with Crippen LogP contribution in [-0.4, -0.2) is 44.8 Å². The molecule has 31 heavy (non-hydrogen) atoms. The third-order valence-corrected chi connectivity index (χ3v) is 8.10. The van der Waals surface area contributed by atoms with E-state index in [9.17, 15) is 13.2 Å². The number of aryl methyl sites for hydroxylation is 1. The fourth-order valence-corrected chi connectivity index (χ4v) is 5.96. The summed E-state index contributed by atoms with van der Waals surface area (Å²) in [4.78, 5) is 15.7. The van der Waals surface area contributed by atoms with E-state index in [1.54, 1.807) is 22.5 Å². The Morgan fingerprint density at radius 3 is 2.35 bits per heavy atom. The maximum atomic E-state index is 13.3. The molecule has 1 amide bonds. The number of sulfonamides is 1. The van der Waals surface area contributed by atoms with E-state index in [-0.39, 0.29) is 10.8 Å². The van der Waals surface area contributed by atoms with Gasteiger partial charge in [0.25, 0.3) is 5.91 Å². The Balaban J connectivity index is 1.69. The third kappa shape index (κ3) is 4.77. The van der Waals surface area contributed by atoms with Crippen molar-refractivity contribution < 1.29 is 13.2 Å². The minimum absolute atomic E-state index is 0.199. The van der Waals surface area contributed by atoms with Crippen molar-refractivity contribution in [3.05, 3.63) is 53.6 Å². The molecular weight excluding hydrogens is 410 g/mol. The maximum absolute atomic E-state index is 13.3. The van der Waals surface area contributed by atoms with Crippen molar-refractivity contribution in [1.82, 2.24) is 4.31 Å². The zero-order chi connectivity index (χ0) is 21.8. The lowest BCUT2D eigenvalue weighted by atomic mass is 10.1. The normalized spacial score (nSPS) is 17.6. The van der Waals surface area contributed by atoms with Crippen LogP contribution in [0.1, 0.15) is 54.9 Å². The van der Waals surface area contributed by atoms with Crippen LogP contribution in [0.2, 0.25) is 0 Å². The molecule has 0 aromatic heterocycles. The van der Waals surface area contributed by atoms with Gasteiger partial charge in [-0.1, -0.05) is 25.5 Å². The van der Waals surface area contributed by atoms with E-state index in [0.717, 1.165) is 68.6 Å². The Morgan fingerprint density at radius 2 is 1.65 bits per heavy atom. The van der Waals surface area contributed by atoms with Gasteiger partial charge in [0.05, 0.1) is 10.5 Å². The van der Waals surface area contributed by atoms with E-state index in [2.05, 4.69) is 17.1 Å². The number of carbonyl (C=O) groups is 1. The largest absolute Gasteiger partial charge is 0.371 e. The second kappa shape index (κ2) is 9.40. The summed E-state index contributed by atoms with van der Waals surface area (Å²) in [5.41, 5.74) is 3.08. The van der Waals surface area contributed by atoms with Crippen molar-refractivity contribution in [3.63, 3.8) is 0 Å². The molecule has 7 heteroatoms. The Kier molecular flexibility index (Phi) is 6.62. The van der Waals surface area contributed by atoms with Gasteiger partial charge in [0.1, 0.15) is 0 Å². The van der Waals surface area contributed by atoms with E-state index >= 15 is 0 Å². The molecule has 4 rings (SSSR count). The SMILES string of the molecule is CCc1cccc(NC(=O)c2cc(S(=O)(=O)N3CCCCC3)ccc2N2CCCC2)c1. The molecule has 166 valence electrons. The van der Waals surface area contributed by atoms with Gasteiger partial charge in [-0.3, -0.25) is 4.79 Å². The first-order valence-electron chi connectivity index (χ1n) is 11.3. The molecule has 2 aromatic carbocycles. The number of anilines is 2. The quantitative estimate of drug-likeness (QED) is 0.727. The molecule has 0 unspecified atom stereocenters. The molecule has 1 N–H and O–H groups in total. The highest BCUT2D eigenvalue weighted by Crippen LogP contribution is 2.30. The molecule has 0 atom stereocenters. The molecule has 2 aromatic rings. The molecule has 0 aliphatic carbocycles. The van der Waals surface area contributed by atoms with Crippen molar-refractivity contribution in [3.8, 4) is 0 Å². The van der Waals surface area contributed by atoms with Gasteiger partial charge in [-0.25, -0.2) is 8.42 Å². The van der Waals surface area contributed by atoms with Crippen LogP contribution < -0.4 is 10.2 Å². The van der Waals surface area contributed by atoms with E-state index < -0.39 is 10.0 Å². The van der Waals surface area contributed by atoms with Gasteiger partial charge in [0.15, 0.2) is 0 Å². The summed E-state index contributed by atoms with van der Waals surface area (Å²) in [5.74, 6) is -0.272. The number of piperidine rings is 1. The van der Waals surface area contributed by atoms with Crippen molar-refractivity contribution in [2.45, 2.75) is 50.3 Å². The summed E-state index contributed by atoms with van der Waals surface area (Å²) in [6, 6.07) is 12.8. The highest BCUT2D eigenvalue weighted by Gasteiger charge is 2.28. The highest BCUT2D eigenvalue weighted by atomic mass is 32.2. The summed E-state index contributed by atoms with van der Waals surface area (Å²) < 4.78 is 28.0. The molecular formula is C24H31N3O3S. The first-order valence-corrected chi connectivity index (χ1v) is 12.7. The van der Waals surface area contributed by atoms with Crippen LogP contribution in [0.15, 0.2) is 47.4 Å². The van der Waals surface area contributed by atoms with Crippen molar-refractivity contribution in [2.24, 2.45) is 0 Å². The van der Waals surface area contributed by atoms with E-state index in [1.807, 2.05) is 24.3 Å². The summed E-state index contributed by atoms with van der Waals surface area (Å²) >= 11 is 0. The monoisotopic (exact) mass is 441 g/mol. The Bertz CT molecular complexity index is 1040. The minimum Gasteiger partial charge on any atom is -0.371 e. The molecule has 0 saturated carbocycles. The average molecular weight is 442 g/mol. The smallest absolute Gasteiger partial charge is 0.257 e. The molecule has 0 spiro atoms. The molecule has 2 saturated heterocycles. The van der Waals surface area contributed by atoms with E-state index in [1.165, 1.54) is 0 Å². The van der Waals surface area contributed by atoms with Gasteiger partial charge >= 0.3 is 0 Å². The summed E-state index contributed by atoms with van der Waals surface area (Å²) in [5, 5.41) is 2.98. The topological polar surface area (TPSA) is 69.7 Å². The second-order valence-corrected chi connectivity index (χ2v) is 10.3. The van der Waals surface area contributed by atoms with Crippen molar-refractivity contribution in [1.29, 1.82) is 0 Å². The van der Waals surface area contributed by atoms with Crippen LogP contribution >= 0.6 is 0 Å². The van der Waals surface area contributed by atoms with Crippen LogP contribution in [-0.2, 0) is 16.4 Å². The van der Waals surface area contributed by atoms with Crippen molar-refractivity contribution >= 4 is 27.3 Å². The first-order chi connectivity index (χ1) is 15.0. The van der Waals surface area contributed by atoms with Gasteiger partial charge in [-0.2, -0.15) is 4.31 Å². The molecule has 2 heterocycles. The first kappa shape index (κ1) is 21.8. The number of nitrogens with one attached hydrogen (secondary N) is 1. The van der Waals surface area contributed by atoms with Gasteiger partial charge in [0, 0.05) is 37.6 Å². The number of hydrogen-bond acceptors (Lipinski definition) is 4. The second-order valence-electron chi connectivity index (χ2n) is 8.35. The predicted molar refractivity (Wildman–Crippen MR) is 124 cm³/mol. The van der Waals surface area contributed by atoms with Crippen LogP contribution in [0.3, 0.4) is 0 Å². The van der Waals surface area contributed by atoms with Crippen LogP contribution in [0.25, 0.3) is 0 Å². The maximum Gasteiger partial charge on any atom is 0.257 e. The van der Waals surface area contributed by atoms with E-state index in [0.29, 0.717) is 18.7 Å². The Morgan fingerprint density at radius 1 is 0.935 bits per heavy atom. The third-order valence-electron chi connectivity index (χ3n) is 6.21. The number of hydrogen-bond donors (Lipinski definition) is 1. The molecule has 6 nitrogen and oxygen atoms in total. The highest BCUT2D eigenvalue weighted by molar-refractivity contribution is 7.89.